The second kappa shape index (κ2) is 14.8. The van der Waals surface area contributed by atoms with Gasteiger partial charge in [0.05, 0.1) is 20.6 Å². The van der Waals surface area contributed by atoms with Crippen molar-refractivity contribution in [2.45, 2.75) is 64.1 Å². The lowest BCUT2D eigenvalue weighted by Gasteiger charge is -2.34. The molecule has 0 saturated heterocycles. The maximum absolute atomic E-state index is 14.2. The lowest BCUT2D eigenvalue weighted by molar-refractivity contribution is -0.140. The Bertz CT molecular complexity index is 1510. The molecule has 3 rings (SSSR count). The van der Waals surface area contributed by atoms with E-state index in [-0.39, 0.29) is 45.5 Å². The molecule has 0 aromatic heterocycles. The van der Waals surface area contributed by atoms with Crippen molar-refractivity contribution in [3.05, 3.63) is 91.9 Å². The van der Waals surface area contributed by atoms with Crippen LogP contribution in [0.5, 0.6) is 0 Å². The molecule has 2 amide bonds. The van der Waals surface area contributed by atoms with Crippen LogP contribution in [0.25, 0.3) is 0 Å². The van der Waals surface area contributed by atoms with Gasteiger partial charge in [-0.3, -0.25) is 13.9 Å². The van der Waals surface area contributed by atoms with Gasteiger partial charge in [-0.2, -0.15) is 0 Å². The van der Waals surface area contributed by atoms with Gasteiger partial charge in [0.2, 0.25) is 11.8 Å². The normalized spacial score (nSPS) is 12.9. The average molecular weight is 673 g/mol. The fourth-order valence-corrected chi connectivity index (χ4v) is 6.44. The van der Waals surface area contributed by atoms with E-state index in [1.54, 1.807) is 37.3 Å². The predicted octanol–water partition coefficient (Wildman–Crippen LogP) is 7.53. The molecule has 0 aliphatic carbocycles. The number of sulfonamides is 1. The maximum atomic E-state index is 14.2. The van der Waals surface area contributed by atoms with E-state index in [1.165, 1.54) is 35.2 Å². The van der Waals surface area contributed by atoms with Crippen molar-refractivity contribution in [1.29, 1.82) is 0 Å². The van der Waals surface area contributed by atoms with Crippen LogP contribution in [0.15, 0.2) is 65.6 Å². The van der Waals surface area contributed by atoms with E-state index >= 15 is 0 Å². The van der Waals surface area contributed by atoms with Gasteiger partial charge in [0.1, 0.15) is 12.6 Å². The number of rotatable bonds is 12. The molecule has 1 N–H and O–H groups in total. The van der Waals surface area contributed by atoms with Crippen LogP contribution in [0.1, 0.15) is 44.7 Å². The highest BCUT2D eigenvalue weighted by Crippen LogP contribution is 2.32. The lowest BCUT2D eigenvalue weighted by atomic mass is 10.1. The van der Waals surface area contributed by atoms with Gasteiger partial charge < -0.3 is 10.2 Å². The zero-order chi connectivity index (χ0) is 31.2. The van der Waals surface area contributed by atoms with Crippen molar-refractivity contribution < 1.29 is 18.0 Å². The number of nitrogens with zero attached hydrogens (tertiary/aromatic N) is 2. The number of hydrogen-bond donors (Lipinski definition) is 1. The first-order valence-corrected chi connectivity index (χ1v) is 16.3. The van der Waals surface area contributed by atoms with Crippen LogP contribution >= 0.6 is 46.4 Å². The molecule has 0 aliphatic heterocycles. The second-order valence-corrected chi connectivity index (χ2v) is 13.4. The molecule has 0 bridgehead atoms. The molecular weight excluding hydrogens is 640 g/mol. The predicted molar refractivity (Wildman–Crippen MR) is 171 cm³/mol. The van der Waals surface area contributed by atoms with Crippen LogP contribution in [-0.2, 0) is 26.2 Å². The minimum atomic E-state index is -4.26. The summed E-state index contributed by atoms with van der Waals surface area (Å²) in [5.74, 6) is -1.01. The highest BCUT2D eigenvalue weighted by Gasteiger charge is 2.34. The Balaban J connectivity index is 2.12. The van der Waals surface area contributed by atoms with Gasteiger partial charge in [-0.1, -0.05) is 84.0 Å². The van der Waals surface area contributed by atoms with Crippen LogP contribution in [-0.4, -0.2) is 43.8 Å². The minimum Gasteiger partial charge on any atom is -0.352 e. The maximum Gasteiger partial charge on any atom is 0.264 e. The average Bonchev–Trinajstić information content (AvgIpc) is 2.94. The van der Waals surface area contributed by atoms with Crippen molar-refractivity contribution in [2.75, 3.05) is 10.8 Å². The Kier molecular flexibility index (Phi) is 12.0. The highest BCUT2D eigenvalue weighted by molar-refractivity contribution is 7.92. The van der Waals surface area contributed by atoms with E-state index < -0.39 is 28.5 Å². The topological polar surface area (TPSA) is 86.8 Å². The van der Waals surface area contributed by atoms with Crippen molar-refractivity contribution in [3.63, 3.8) is 0 Å². The van der Waals surface area contributed by atoms with E-state index in [2.05, 4.69) is 5.32 Å². The first-order chi connectivity index (χ1) is 19.8. The number of amides is 2. The summed E-state index contributed by atoms with van der Waals surface area (Å²) in [5, 5.41) is 3.89. The van der Waals surface area contributed by atoms with Gasteiger partial charge in [-0.15, -0.1) is 0 Å². The molecule has 0 aliphatic rings. The molecule has 0 radical (unpaired) electrons. The van der Waals surface area contributed by atoms with E-state index in [9.17, 15) is 18.0 Å². The van der Waals surface area contributed by atoms with Crippen molar-refractivity contribution >= 4 is 73.9 Å². The zero-order valence-corrected chi connectivity index (χ0v) is 27.5. The number of benzene rings is 3. The van der Waals surface area contributed by atoms with Crippen LogP contribution in [0.2, 0.25) is 20.1 Å². The third kappa shape index (κ3) is 8.11. The molecular formula is C30H33Cl4N3O4S. The number of nitrogens with one attached hydrogen (secondary N) is 1. The fraction of sp³-hybridized carbons (Fsp3) is 0.333. The van der Waals surface area contributed by atoms with Crippen LogP contribution in [0.4, 0.5) is 5.69 Å². The molecule has 0 saturated carbocycles. The van der Waals surface area contributed by atoms with Gasteiger partial charge in [-0.05, 0) is 69.2 Å². The van der Waals surface area contributed by atoms with Crippen molar-refractivity contribution in [3.8, 4) is 0 Å². The Morgan fingerprint density at radius 3 is 2.02 bits per heavy atom. The summed E-state index contributed by atoms with van der Waals surface area (Å²) in [7, 11) is -4.26. The largest absolute Gasteiger partial charge is 0.352 e. The third-order valence-corrected chi connectivity index (χ3v) is 10.1. The monoisotopic (exact) mass is 671 g/mol. The summed E-state index contributed by atoms with van der Waals surface area (Å²) in [6, 6.07) is 14.4. The summed E-state index contributed by atoms with van der Waals surface area (Å²) >= 11 is 25.3. The van der Waals surface area contributed by atoms with Gasteiger partial charge >= 0.3 is 0 Å². The summed E-state index contributed by atoms with van der Waals surface area (Å²) in [5.41, 5.74) is 1.43. The standard InChI is InChI=1S/C30H33Cl4N3O4S/c1-5-20(4)35-30(39)28(6-2)36(17-23-24(31)8-7-9-25(23)32)29(38)18-37(21-12-15-26(33)27(34)16-21)42(40,41)22-13-10-19(3)11-14-22/h7-16,20,28H,5-6,17-18H2,1-4H3,(H,35,39). The number of aryl methyl sites for hydroxylation is 1. The van der Waals surface area contributed by atoms with E-state index in [4.69, 9.17) is 46.4 Å². The van der Waals surface area contributed by atoms with Gasteiger partial charge in [-0.25, -0.2) is 8.42 Å². The van der Waals surface area contributed by atoms with Crippen molar-refractivity contribution in [2.24, 2.45) is 0 Å². The van der Waals surface area contributed by atoms with E-state index in [0.29, 0.717) is 22.0 Å². The number of carbonyl (C=O) groups is 2. The number of carbonyl (C=O) groups excluding carboxylic acids is 2. The van der Waals surface area contributed by atoms with Gasteiger partial charge in [0.15, 0.2) is 0 Å². The molecule has 0 heterocycles. The van der Waals surface area contributed by atoms with Gasteiger partial charge in [0, 0.05) is 28.2 Å². The molecule has 2 atom stereocenters. The molecule has 0 fully saturated rings. The summed E-state index contributed by atoms with van der Waals surface area (Å²) < 4.78 is 28.9. The van der Waals surface area contributed by atoms with Crippen molar-refractivity contribution in [1.82, 2.24) is 10.2 Å². The second-order valence-electron chi connectivity index (χ2n) is 9.89. The Morgan fingerprint density at radius 1 is 0.857 bits per heavy atom. The Labute approximate surface area is 267 Å². The third-order valence-electron chi connectivity index (χ3n) is 6.86. The summed E-state index contributed by atoms with van der Waals surface area (Å²) in [4.78, 5) is 28.9. The molecule has 3 aromatic rings. The first kappa shape index (κ1) is 34.0. The van der Waals surface area contributed by atoms with E-state index in [0.717, 1.165) is 9.87 Å². The molecule has 42 heavy (non-hydrogen) atoms. The summed E-state index contributed by atoms with van der Waals surface area (Å²) in [6.07, 6.45) is 0.944. The fourth-order valence-electron chi connectivity index (χ4n) is 4.22. The zero-order valence-electron chi connectivity index (χ0n) is 23.7. The molecule has 226 valence electrons. The quantitative estimate of drug-likeness (QED) is 0.216. The van der Waals surface area contributed by atoms with Crippen LogP contribution < -0.4 is 9.62 Å². The number of anilines is 1. The number of hydrogen-bond acceptors (Lipinski definition) is 4. The lowest BCUT2D eigenvalue weighted by Crippen LogP contribution is -2.53. The molecule has 12 heteroatoms. The summed E-state index contributed by atoms with van der Waals surface area (Å²) in [6.45, 7) is 6.65. The van der Waals surface area contributed by atoms with Crippen LogP contribution in [0.3, 0.4) is 0 Å². The Hall–Kier alpha value is -2.49. The van der Waals surface area contributed by atoms with Crippen LogP contribution in [0, 0.1) is 6.92 Å². The van der Waals surface area contributed by atoms with Gasteiger partial charge in [0.25, 0.3) is 10.0 Å². The smallest absolute Gasteiger partial charge is 0.264 e. The number of halogens is 4. The van der Waals surface area contributed by atoms with E-state index in [1.807, 2.05) is 20.8 Å². The molecule has 3 aromatic carbocycles. The SMILES string of the molecule is CCC(C)NC(=O)C(CC)N(Cc1c(Cl)cccc1Cl)C(=O)CN(c1ccc(Cl)c(Cl)c1)S(=O)(=O)c1ccc(C)cc1. The molecule has 2 unspecified atom stereocenters. The highest BCUT2D eigenvalue weighted by atomic mass is 35.5. The first-order valence-electron chi connectivity index (χ1n) is 13.4. The minimum absolute atomic E-state index is 0.0192. The Morgan fingerprint density at radius 2 is 1.48 bits per heavy atom. The molecule has 7 nitrogen and oxygen atoms in total. The molecule has 0 spiro atoms.